The maximum absolute atomic E-state index is 10.8. The Morgan fingerprint density at radius 3 is 2.67 bits per heavy atom. The molecule has 4 rings (SSSR count). The second-order valence-corrected chi connectivity index (χ2v) is 7.70. The van der Waals surface area contributed by atoms with Gasteiger partial charge in [-0.15, -0.1) is 0 Å². The van der Waals surface area contributed by atoms with Gasteiger partial charge in [0, 0.05) is 61.1 Å². The van der Waals surface area contributed by atoms with Gasteiger partial charge < -0.3 is 10.2 Å². The van der Waals surface area contributed by atoms with E-state index in [0.29, 0.717) is 5.02 Å². The second kappa shape index (κ2) is 9.23. The third kappa shape index (κ3) is 4.77. The number of nitro groups is 1. The number of halogens is 1. The van der Waals surface area contributed by atoms with Crippen molar-refractivity contribution in [1.29, 1.82) is 0 Å². The molecule has 0 saturated carbocycles. The van der Waals surface area contributed by atoms with E-state index < -0.39 is 4.92 Å². The van der Waals surface area contributed by atoms with Crippen LogP contribution in [0.1, 0.15) is 6.42 Å². The summed E-state index contributed by atoms with van der Waals surface area (Å²) in [5, 5.41) is 16.0. The van der Waals surface area contributed by atoms with Crippen molar-refractivity contribution in [1.82, 2.24) is 14.9 Å². The maximum Gasteiger partial charge on any atom is 0.287 e. The van der Waals surface area contributed by atoms with Crippen molar-refractivity contribution >= 4 is 39.7 Å². The average Bonchev–Trinajstić information content (AvgIpc) is 2.77. The number of piperazine rings is 1. The van der Waals surface area contributed by atoms with Crippen LogP contribution in [-0.2, 0) is 0 Å². The average molecular weight is 427 g/mol. The molecule has 156 valence electrons. The quantitative estimate of drug-likeness (QED) is 0.349. The number of benzene rings is 1. The van der Waals surface area contributed by atoms with E-state index in [1.807, 2.05) is 24.3 Å². The molecular weight excluding hydrogens is 404 g/mol. The van der Waals surface area contributed by atoms with E-state index in [0.717, 1.165) is 68.1 Å². The van der Waals surface area contributed by atoms with Crippen LogP contribution < -0.4 is 10.2 Å². The first-order chi connectivity index (χ1) is 14.6. The fraction of sp³-hybridized carbons (Fsp3) is 0.333. The predicted molar refractivity (Wildman–Crippen MR) is 119 cm³/mol. The van der Waals surface area contributed by atoms with E-state index in [4.69, 9.17) is 11.6 Å². The summed E-state index contributed by atoms with van der Waals surface area (Å²) in [7, 11) is 0. The number of nitrogens with one attached hydrogen (secondary N) is 1. The smallest absolute Gasteiger partial charge is 0.287 e. The van der Waals surface area contributed by atoms with Gasteiger partial charge in [0.2, 0.25) is 0 Å². The molecule has 3 aromatic rings. The molecule has 0 bridgehead atoms. The molecule has 0 unspecified atom stereocenters. The lowest BCUT2D eigenvalue weighted by atomic mass is 10.2. The number of aromatic nitrogens is 2. The summed E-state index contributed by atoms with van der Waals surface area (Å²) in [6, 6.07) is 11.0. The van der Waals surface area contributed by atoms with Crippen LogP contribution in [0.15, 0.2) is 48.8 Å². The summed E-state index contributed by atoms with van der Waals surface area (Å²) in [6.07, 6.45) is 4.16. The second-order valence-electron chi connectivity index (χ2n) is 7.26. The molecule has 0 spiro atoms. The summed E-state index contributed by atoms with van der Waals surface area (Å²) >= 11 is 6.05. The van der Waals surface area contributed by atoms with Gasteiger partial charge in [-0.25, -0.2) is 4.98 Å². The Bertz CT molecular complexity index is 1020. The first kappa shape index (κ1) is 20.3. The van der Waals surface area contributed by atoms with Gasteiger partial charge in [-0.1, -0.05) is 11.6 Å². The Balaban J connectivity index is 1.22. The summed E-state index contributed by atoms with van der Waals surface area (Å²) in [6.45, 7) is 5.54. The predicted octanol–water partition coefficient (Wildman–Crippen LogP) is 3.82. The number of hydrogen-bond donors (Lipinski definition) is 1. The summed E-state index contributed by atoms with van der Waals surface area (Å²) < 4.78 is 0. The lowest BCUT2D eigenvalue weighted by Gasteiger charge is -2.35. The maximum atomic E-state index is 10.8. The van der Waals surface area contributed by atoms with Crippen LogP contribution in [0.2, 0.25) is 5.02 Å². The highest BCUT2D eigenvalue weighted by atomic mass is 35.5. The van der Waals surface area contributed by atoms with Gasteiger partial charge in [0.15, 0.2) is 0 Å². The SMILES string of the molecule is O=[N+]([O-])c1ccc(N2CCN(CCCNc3ccnc4cc(Cl)ccc34)CC2)nc1. The Hall–Kier alpha value is -2.97. The van der Waals surface area contributed by atoms with Gasteiger partial charge in [0.25, 0.3) is 5.69 Å². The molecule has 1 saturated heterocycles. The van der Waals surface area contributed by atoms with Crippen LogP contribution in [0, 0.1) is 10.1 Å². The molecule has 9 heteroatoms. The molecular formula is C21H23ClN6O2. The summed E-state index contributed by atoms with van der Waals surface area (Å²) in [5.41, 5.74) is 1.99. The van der Waals surface area contributed by atoms with Crippen molar-refractivity contribution in [3.63, 3.8) is 0 Å². The van der Waals surface area contributed by atoms with E-state index in [9.17, 15) is 10.1 Å². The first-order valence-corrected chi connectivity index (χ1v) is 10.3. The number of nitrogens with zero attached hydrogens (tertiary/aromatic N) is 5. The van der Waals surface area contributed by atoms with Gasteiger partial charge in [0.05, 0.1) is 10.4 Å². The van der Waals surface area contributed by atoms with Crippen molar-refractivity contribution in [3.8, 4) is 0 Å². The minimum atomic E-state index is -0.424. The zero-order valence-corrected chi connectivity index (χ0v) is 17.3. The molecule has 1 aliphatic heterocycles. The summed E-state index contributed by atoms with van der Waals surface area (Å²) in [4.78, 5) is 23.5. The molecule has 1 N–H and O–H groups in total. The monoisotopic (exact) mass is 426 g/mol. The molecule has 8 nitrogen and oxygen atoms in total. The molecule has 3 heterocycles. The van der Waals surface area contributed by atoms with Crippen molar-refractivity contribution in [3.05, 3.63) is 63.9 Å². The highest BCUT2D eigenvalue weighted by Crippen LogP contribution is 2.24. The lowest BCUT2D eigenvalue weighted by Crippen LogP contribution is -2.47. The topological polar surface area (TPSA) is 87.4 Å². The van der Waals surface area contributed by atoms with E-state index in [1.54, 1.807) is 12.3 Å². The van der Waals surface area contributed by atoms with Gasteiger partial charge in [-0.3, -0.25) is 20.0 Å². The molecule has 1 aromatic carbocycles. The number of pyridine rings is 2. The van der Waals surface area contributed by atoms with Crippen LogP contribution in [0.4, 0.5) is 17.2 Å². The Kier molecular flexibility index (Phi) is 6.25. The largest absolute Gasteiger partial charge is 0.384 e. The Morgan fingerprint density at radius 2 is 1.93 bits per heavy atom. The normalized spacial score (nSPS) is 14.8. The van der Waals surface area contributed by atoms with Crippen LogP contribution >= 0.6 is 11.6 Å². The van der Waals surface area contributed by atoms with Gasteiger partial charge in [-0.05, 0) is 43.3 Å². The van der Waals surface area contributed by atoms with Crippen molar-refractivity contribution < 1.29 is 4.92 Å². The highest BCUT2D eigenvalue weighted by molar-refractivity contribution is 6.31. The molecule has 2 aromatic heterocycles. The van der Waals surface area contributed by atoms with Crippen LogP contribution in [0.5, 0.6) is 0 Å². The molecule has 0 radical (unpaired) electrons. The Morgan fingerprint density at radius 1 is 1.10 bits per heavy atom. The highest BCUT2D eigenvalue weighted by Gasteiger charge is 2.18. The van der Waals surface area contributed by atoms with Crippen molar-refractivity contribution in [2.24, 2.45) is 0 Å². The Labute approximate surface area is 179 Å². The number of rotatable bonds is 7. The minimum absolute atomic E-state index is 0.0231. The zero-order valence-electron chi connectivity index (χ0n) is 16.5. The first-order valence-electron chi connectivity index (χ1n) is 9.96. The number of hydrogen-bond acceptors (Lipinski definition) is 7. The van der Waals surface area contributed by atoms with Gasteiger partial charge >= 0.3 is 0 Å². The van der Waals surface area contributed by atoms with E-state index in [2.05, 4.69) is 25.1 Å². The van der Waals surface area contributed by atoms with Crippen LogP contribution in [0.25, 0.3) is 10.9 Å². The van der Waals surface area contributed by atoms with Gasteiger partial charge in [0.1, 0.15) is 12.0 Å². The van der Waals surface area contributed by atoms with E-state index >= 15 is 0 Å². The standard InChI is InChI=1S/C21H23ClN6O2/c22-16-2-4-18-19(6-8-24-20(18)14-16)23-7-1-9-26-10-12-27(13-11-26)21-5-3-17(15-25-21)28(29)30/h2-6,8,14-15H,1,7,9-13H2,(H,23,24). The van der Waals surface area contributed by atoms with Crippen LogP contribution in [0.3, 0.4) is 0 Å². The lowest BCUT2D eigenvalue weighted by molar-refractivity contribution is -0.385. The number of fused-ring (bicyclic) bond motifs is 1. The molecule has 0 atom stereocenters. The van der Waals surface area contributed by atoms with Crippen LogP contribution in [-0.4, -0.2) is 59.1 Å². The fourth-order valence-corrected chi connectivity index (χ4v) is 3.84. The summed E-state index contributed by atoms with van der Waals surface area (Å²) in [5.74, 6) is 0.798. The van der Waals surface area contributed by atoms with E-state index in [-0.39, 0.29) is 5.69 Å². The van der Waals surface area contributed by atoms with E-state index in [1.165, 1.54) is 12.3 Å². The third-order valence-electron chi connectivity index (χ3n) is 5.31. The van der Waals surface area contributed by atoms with Crippen molar-refractivity contribution in [2.75, 3.05) is 49.5 Å². The molecule has 1 fully saturated rings. The minimum Gasteiger partial charge on any atom is -0.384 e. The van der Waals surface area contributed by atoms with Gasteiger partial charge in [-0.2, -0.15) is 0 Å². The molecule has 30 heavy (non-hydrogen) atoms. The molecule has 0 aliphatic carbocycles. The molecule has 0 amide bonds. The zero-order chi connectivity index (χ0) is 20.9. The third-order valence-corrected chi connectivity index (χ3v) is 5.55. The fourth-order valence-electron chi connectivity index (χ4n) is 3.68. The molecule has 1 aliphatic rings. The van der Waals surface area contributed by atoms with Crippen molar-refractivity contribution in [2.45, 2.75) is 6.42 Å². The number of anilines is 2.